The van der Waals surface area contributed by atoms with Crippen LogP contribution in [0, 0.1) is 0 Å². The molecule has 1 aliphatic heterocycles. The number of aryl methyl sites for hydroxylation is 2. The number of amides is 2. The maximum atomic E-state index is 12.2. The highest BCUT2D eigenvalue weighted by atomic mass is 16.6. The number of ether oxygens (including phenoxy) is 1. The van der Waals surface area contributed by atoms with Gasteiger partial charge in [-0.2, -0.15) is 5.10 Å². The molecular weight excluding hydrogens is 308 g/mol. The molecule has 7 heteroatoms. The summed E-state index contributed by atoms with van der Waals surface area (Å²) in [5.74, 6) is 0.197. The summed E-state index contributed by atoms with van der Waals surface area (Å²) in [6.45, 7) is 9.92. The van der Waals surface area contributed by atoms with E-state index in [2.05, 4.69) is 15.7 Å². The van der Waals surface area contributed by atoms with Crippen molar-refractivity contribution < 1.29 is 14.3 Å². The Morgan fingerprint density at radius 3 is 2.58 bits per heavy atom. The molecule has 7 nitrogen and oxygen atoms in total. The van der Waals surface area contributed by atoms with Gasteiger partial charge in [-0.1, -0.05) is 0 Å². The van der Waals surface area contributed by atoms with Gasteiger partial charge in [-0.3, -0.25) is 14.8 Å². The van der Waals surface area contributed by atoms with Gasteiger partial charge in [0.2, 0.25) is 0 Å². The molecule has 0 atom stereocenters. The number of carbonyl (C=O) groups excluding carboxylic acids is 2. The lowest BCUT2D eigenvalue weighted by Crippen LogP contribution is -2.47. The third kappa shape index (κ3) is 5.54. The highest BCUT2D eigenvalue weighted by Crippen LogP contribution is 2.18. The number of hydrogen-bond donors (Lipinski definition) is 2. The Morgan fingerprint density at radius 2 is 1.96 bits per heavy atom. The lowest BCUT2D eigenvalue weighted by molar-refractivity contribution is -0.156. The Balaban J connectivity index is 1.88. The number of aromatic nitrogens is 2. The van der Waals surface area contributed by atoms with Crippen molar-refractivity contribution in [2.45, 2.75) is 78.0 Å². The van der Waals surface area contributed by atoms with Crippen LogP contribution in [0.2, 0.25) is 0 Å². The summed E-state index contributed by atoms with van der Waals surface area (Å²) in [7, 11) is 0. The molecule has 24 heavy (non-hydrogen) atoms. The van der Waals surface area contributed by atoms with Crippen LogP contribution in [0.4, 0.5) is 10.6 Å². The molecule has 0 saturated carbocycles. The van der Waals surface area contributed by atoms with Gasteiger partial charge < -0.3 is 10.1 Å². The summed E-state index contributed by atoms with van der Waals surface area (Å²) >= 11 is 0. The van der Waals surface area contributed by atoms with Crippen LogP contribution < -0.4 is 10.6 Å². The third-order valence-corrected chi connectivity index (χ3v) is 3.62. The molecule has 0 aliphatic carbocycles. The van der Waals surface area contributed by atoms with E-state index in [0.717, 1.165) is 31.5 Å². The number of esters is 1. The molecule has 1 aromatic heterocycles. The van der Waals surface area contributed by atoms with Crippen LogP contribution in [0.15, 0.2) is 6.07 Å². The summed E-state index contributed by atoms with van der Waals surface area (Å²) in [6, 6.07) is 1.53. The molecule has 0 radical (unpaired) electrons. The minimum atomic E-state index is -0.716. The topological polar surface area (TPSA) is 85.2 Å². The Labute approximate surface area is 143 Å². The van der Waals surface area contributed by atoms with Gasteiger partial charge >= 0.3 is 12.0 Å². The second-order valence-electron chi connectivity index (χ2n) is 7.93. The van der Waals surface area contributed by atoms with E-state index in [-0.39, 0.29) is 18.4 Å². The molecule has 0 fully saturated rings. The Bertz CT molecular complexity index is 590. The van der Waals surface area contributed by atoms with Crippen LogP contribution in [0.1, 0.15) is 59.6 Å². The highest BCUT2D eigenvalue weighted by molar-refractivity contribution is 5.89. The molecule has 2 N–H and O–H groups in total. The lowest BCUT2D eigenvalue weighted by Gasteiger charge is -2.27. The summed E-state index contributed by atoms with van der Waals surface area (Å²) in [4.78, 5) is 24.1. The molecule has 2 rings (SSSR count). The van der Waals surface area contributed by atoms with E-state index in [1.807, 2.05) is 31.5 Å². The lowest BCUT2D eigenvalue weighted by atomic mass is 10.0. The number of nitrogens with one attached hydrogen (secondary N) is 2. The van der Waals surface area contributed by atoms with Gasteiger partial charge in [0.25, 0.3) is 0 Å². The average molecular weight is 336 g/mol. The molecular formula is C17H28N4O3. The molecule has 0 spiro atoms. The van der Waals surface area contributed by atoms with E-state index in [1.54, 1.807) is 13.8 Å². The molecule has 0 unspecified atom stereocenters. The van der Waals surface area contributed by atoms with Gasteiger partial charge in [0.05, 0.1) is 6.42 Å². The van der Waals surface area contributed by atoms with Crippen molar-refractivity contribution in [3.05, 3.63) is 11.8 Å². The normalized spacial score (nSPS) is 14.7. The van der Waals surface area contributed by atoms with E-state index in [9.17, 15) is 9.59 Å². The Kier molecular flexibility index (Phi) is 5.20. The number of carbonyl (C=O) groups is 2. The molecule has 0 aromatic carbocycles. The molecule has 2 amide bonds. The van der Waals surface area contributed by atoms with Crippen LogP contribution in [-0.4, -0.2) is 32.9 Å². The zero-order valence-corrected chi connectivity index (χ0v) is 15.2. The van der Waals surface area contributed by atoms with Crippen LogP contribution in [0.3, 0.4) is 0 Å². The number of fused-ring (bicyclic) bond motifs is 1. The Hall–Kier alpha value is -2.05. The smallest absolute Gasteiger partial charge is 0.320 e. The number of anilines is 1. The van der Waals surface area contributed by atoms with Crippen molar-refractivity contribution in [3.8, 4) is 0 Å². The van der Waals surface area contributed by atoms with E-state index < -0.39 is 11.1 Å². The number of urea groups is 1. The average Bonchev–Trinajstić information content (AvgIpc) is 2.75. The number of nitrogens with zero attached hydrogens (tertiary/aromatic N) is 2. The first-order chi connectivity index (χ1) is 11.0. The fourth-order valence-corrected chi connectivity index (χ4v) is 2.72. The quantitative estimate of drug-likeness (QED) is 0.828. The maximum absolute atomic E-state index is 12.2. The van der Waals surface area contributed by atoms with Crippen molar-refractivity contribution in [2.24, 2.45) is 0 Å². The van der Waals surface area contributed by atoms with E-state index in [1.165, 1.54) is 0 Å². The van der Waals surface area contributed by atoms with Gasteiger partial charge in [-0.15, -0.1) is 0 Å². The minimum absolute atomic E-state index is 0.0946. The Morgan fingerprint density at radius 1 is 1.25 bits per heavy atom. The van der Waals surface area contributed by atoms with Crippen LogP contribution in [0.5, 0.6) is 0 Å². The largest absolute Gasteiger partial charge is 0.460 e. The SMILES string of the molecule is CC(C)(CC(=O)OC(C)(C)C)NC(=O)Nc1cc2n(n1)CCCC2. The highest BCUT2D eigenvalue weighted by Gasteiger charge is 2.27. The van der Waals surface area contributed by atoms with Crippen molar-refractivity contribution in [1.82, 2.24) is 15.1 Å². The fourth-order valence-electron chi connectivity index (χ4n) is 2.72. The van der Waals surface area contributed by atoms with Crippen LogP contribution >= 0.6 is 0 Å². The zero-order chi connectivity index (χ0) is 18.0. The van der Waals surface area contributed by atoms with Crippen molar-refractivity contribution >= 4 is 17.8 Å². The number of hydrogen-bond acceptors (Lipinski definition) is 4. The molecule has 0 saturated heterocycles. The van der Waals surface area contributed by atoms with Crippen molar-refractivity contribution in [3.63, 3.8) is 0 Å². The van der Waals surface area contributed by atoms with E-state index in [0.29, 0.717) is 5.82 Å². The van der Waals surface area contributed by atoms with Gasteiger partial charge in [-0.25, -0.2) is 4.79 Å². The first kappa shape index (κ1) is 18.3. The van der Waals surface area contributed by atoms with Crippen molar-refractivity contribution in [2.75, 3.05) is 5.32 Å². The predicted molar refractivity (Wildman–Crippen MR) is 91.9 cm³/mol. The zero-order valence-electron chi connectivity index (χ0n) is 15.2. The third-order valence-electron chi connectivity index (χ3n) is 3.62. The molecule has 0 bridgehead atoms. The fraction of sp³-hybridized carbons (Fsp3) is 0.706. The molecule has 1 aliphatic rings. The van der Waals surface area contributed by atoms with E-state index >= 15 is 0 Å². The van der Waals surface area contributed by atoms with Gasteiger partial charge in [0, 0.05) is 23.8 Å². The van der Waals surface area contributed by atoms with Gasteiger partial charge in [0.1, 0.15) is 5.60 Å². The standard InChI is InChI=1S/C17H28N4O3/c1-16(2,3)24-14(22)11-17(4,5)19-15(23)18-13-10-12-8-6-7-9-21(12)20-13/h10H,6-9,11H2,1-5H3,(H2,18,19,20,23). The summed E-state index contributed by atoms with van der Waals surface area (Å²) in [5.41, 5.74) is -0.110. The summed E-state index contributed by atoms with van der Waals surface area (Å²) in [5, 5.41) is 9.93. The summed E-state index contributed by atoms with van der Waals surface area (Å²) in [6.07, 6.45) is 3.35. The predicted octanol–water partition coefficient (Wildman–Crippen LogP) is 2.85. The molecule has 2 heterocycles. The first-order valence-electron chi connectivity index (χ1n) is 8.42. The monoisotopic (exact) mass is 336 g/mol. The van der Waals surface area contributed by atoms with Gasteiger partial charge in [0.15, 0.2) is 5.82 Å². The second kappa shape index (κ2) is 6.83. The molecule has 1 aromatic rings. The minimum Gasteiger partial charge on any atom is -0.460 e. The maximum Gasteiger partial charge on any atom is 0.320 e. The van der Waals surface area contributed by atoms with Gasteiger partial charge in [-0.05, 0) is 53.9 Å². The first-order valence-corrected chi connectivity index (χ1v) is 8.42. The van der Waals surface area contributed by atoms with Crippen LogP contribution in [0.25, 0.3) is 0 Å². The van der Waals surface area contributed by atoms with Crippen LogP contribution in [-0.2, 0) is 22.5 Å². The molecule has 134 valence electrons. The second-order valence-corrected chi connectivity index (χ2v) is 7.93. The van der Waals surface area contributed by atoms with E-state index in [4.69, 9.17) is 4.74 Å². The number of rotatable bonds is 4. The van der Waals surface area contributed by atoms with Crippen molar-refractivity contribution in [1.29, 1.82) is 0 Å². The summed E-state index contributed by atoms with van der Waals surface area (Å²) < 4.78 is 7.24.